The van der Waals surface area contributed by atoms with Crippen molar-refractivity contribution in [2.24, 2.45) is 0 Å². The van der Waals surface area contributed by atoms with Crippen molar-refractivity contribution in [3.8, 4) is 5.75 Å². The van der Waals surface area contributed by atoms with Crippen LogP contribution >= 0.6 is 11.6 Å². The molecule has 5 nitrogen and oxygen atoms in total. The van der Waals surface area contributed by atoms with Crippen molar-refractivity contribution in [3.63, 3.8) is 0 Å². The summed E-state index contributed by atoms with van der Waals surface area (Å²) >= 11 is 5.65. The fourth-order valence-corrected chi connectivity index (χ4v) is 1.07. The minimum atomic E-state index is -0.866. The Labute approximate surface area is 91.0 Å². The fraction of sp³-hybridized carbons (Fsp3) is 0.111. The minimum Gasteiger partial charge on any atom is -0.506 e. The summed E-state index contributed by atoms with van der Waals surface area (Å²) in [7, 11) is 1.33. The Hall–Kier alpha value is -1.75. The largest absolute Gasteiger partial charge is 0.506 e. The zero-order valence-corrected chi connectivity index (χ0v) is 8.63. The first kappa shape index (κ1) is 11.3. The Balaban J connectivity index is 2.85. The summed E-state index contributed by atoms with van der Waals surface area (Å²) in [5.74, 6) is -1.82. The molecule has 0 bridgehead atoms. The van der Waals surface area contributed by atoms with Crippen LogP contribution in [0.3, 0.4) is 0 Å². The molecule has 0 aliphatic rings. The van der Waals surface area contributed by atoms with Crippen LogP contribution in [0.4, 0.5) is 5.69 Å². The summed E-state index contributed by atoms with van der Waals surface area (Å²) in [4.78, 5) is 22.0. The molecule has 0 atom stereocenters. The van der Waals surface area contributed by atoms with E-state index < -0.39 is 11.8 Å². The molecule has 2 amide bonds. The number of anilines is 1. The van der Waals surface area contributed by atoms with Gasteiger partial charge in [0, 0.05) is 12.1 Å². The van der Waals surface area contributed by atoms with Crippen molar-refractivity contribution in [1.82, 2.24) is 5.32 Å². The van der Waals surface area contributed by atoms with Crippen LogP contribution in [0.15, 0.2) is 18.2 Å². The van der Waals surface area contributed by atoms with E-state index in [0.29, 0.717) is 5.02 Å². The summed E-state index contributed by atoms with van der Waals surface area (Å²) < 4.78 is 0. The smallest absolute Gasteiger partial charge is 0.313 e. The van der Waals surface area contributed by atoms with Gasteiger partial charge in [0.25, 0.3) is 0 Å². The average Bonchev–Trinajstić information content (AvgIpc) is 2.22. The van der Waals surface area contributed by atoms with E-state index in [1.807, 2.05) is 0 Å². The summed E-state index contributed by atoms with van der Waals surface area (Å²) in [5.41, 5.74) is 0.0936. The third-order valence-electron chi connectivity index (χ3n) is 1.64. The van der Waals surface area contributed by atoms with Crippen molar-refractivity contribution in [2.45, 2.75) is 0 Å². The van der Waals surface area contributed by atoms with Crippen LogP contribution in [0.2, 0.25) is 5.02 Å². The molecule has 0 radical (unpaired) electrons. The standard InChI is InChI=1S/C9H9ClN2O3/c1-11-8(14)9(15)12-6-4-5(10)2-3-7(6)13/h2-4,13H,1H3,(H,11,14)(H,12,15). The lowest BCUT2D eigenvalue weighted by Crippen LogP contribution is -2.32. The van der Waals surface area contributed by atoms with Gasteiger partial charge in [0.1, 0.15) is 5.75 Å². The Morgan fingerprint density at radius 3 is 2.60 bits per heavy atom. The molecule has 0 spiro atoms. The predicted molar refractivity (Wildman–Crippen MR) is 55.8 cm³/mol. The maximum Gasteiger partial charge on any atom is 0.313 e. The highest BCUT2D eigenvalue weighted by atomic mass is 35.5. The van der Waals surface area contributed by atoms with Crippen LogP contribution in [-0.4, -0.2) is 24.0 Å². The van der Waals surface area contributed by atoms with E-state index in [-0.39, 0.29) is 11.4 Å². The van der Waals surface area contributed by atoms with Gasteiger partial charge in [-0.1, -0.05) is 11.6 Å². The first-order chi connectivity index (χ1) is 7.04. The van der Waals surface area contributed by atoms with Crippen LogP contribution < -0.4 is 10.6 Å². The van der Waals surface area contributed by atoms with Crippen molar-refractivity contribution in [3.05, 3.63) is 23.2 Å². The molecule has 3 N–H and O–H groups in total. The second-order valence-corrected chi connectivity index (χ2v) is 3.13. The van der Waals surface area contributed by atoms with Gasteiger partial charge in [0.2, 0.25) is 0 Å². The maximum atomic E-state index is 11.1. The zero-order valence-electron chi connectivity index (χ0n) is 7.87. The number of benzene rings is 1. The molecule has 0 aliphatic heterocycles. The molecular weight excluding hydrogens is 220 g/mol. The molecular formula is C9H9ClN2O3. The highest BCUT2D eigenvalue weighted by Crippen LogP contribution is 2.26. The van der Waals surface area contributed by atoms with E-state index in [1.165, 1.54) is 25.2 Å². The van der Waals surface area contributed by atoms with Crippen LogP contribution in [0.1, 0.15) is 0 Å². The first-order valence-electron chi connectivity index (χ1n) is 4.06. The third-order valence-corrected chi connectivity index (χ3v) is 1.88. The normalized spacial score (nSPS) is 9.47. The van der Waals surface area contributed by atoms with Crippen molar-refractivity contribution < 1.29 is 14.7 Å². The molecule has 0 heterocycles. The number of aromatic hydroxyl groups is 1. The number of nitrogens with one attached hydrogen (secondary N) is 2. The maximum absolute atomic E-state index is 11.1. The summed E-state index contributed by atoms with van der Waals surface area (Å²) in [6.07, 6.45) is 0. The lowest BCUT2D eigenvalue weighted by atomic mass is 10.3. The van der Waals surface area contributed by atoms with Crippen LogP contribution in [0.25, 0.3) is 0 Å². The number of carbonyl (C=O) groups excluding carboxylic acids is 2. The van der Waals surface area contributed by atoms with Crippen molar-refractivity contribution in [1.29, 1.82) is 0 Å². The molecule has 1 rings (SSSR count). The number of rotatable bonds is 1. The number of phenolic OH excluding ortho intramolecular Hbond substituents is 1. The van der Waals surface area contributed by atoms with Gasteiger partial charge in [-0.15, -0.1) is 0 Å². The van der Waals surface area contributed by atoms with Crippen molar-refractivity contribution >= 4 is 29.1 Å². The molecule has 80 valence electrons. The molecule has 0 aromatic heterocycles. The van der Waals surface area contributed by atoms with E-state index in [4.69, 9.17) is 11.6 Å². The summed E-state index contributed by atoms with van der Waals surface area (Å²) in [6, 6.07) is 4.13. The first-order valence-corrected chi connectivity index (χ1v) is 4.44. The van der Waals surface area contributed by atoms with Gasteiger partial charge in [-0.2, -0.15) is 0 Å². The highest BCUT2D eigenvalue weighted by molar-refractivity contribution is 6.40. The van der Waals surface area contributed by atoms with Gasteiger partial charge in [-0.05, 0) is 18.2 Å². The molecule has 0 fully saturated rings. The van der Waals surface area contributed by atoms with E-state index in [9.17, 15) is 14.7 Å². The highest BCUT2D eigenvalue weighted by Gasteiger charge is 2.13. The van der Waals surface area contributed by atoms with E-state index >= 15 is 0 Å². The number of carbonyl (C=O) groups is 2. The van der Waals surface area contributed by atoms with Crippen LogP contribution in [0, 0.1) is 0 Å². The summed E-state index contributed by atoms with van der Waals surface area (Å²) in [5, 5.41) is 14.1. The predicted octanol–water partition coefficient (Wildman–Crippen LogP) is 0.730. The molecule has 0 unspecified atom stereocenters. The third kappa shape index (κ3) is 2.85. The Morgan fingerprint density at radius 1 is 1.33 bits per heavy atom. The second kappa shape index (κ2) is 4.65. The van der Waals surface area contributed by atoms with E-state index in [1.54, 1.807) is 0 Å². The quantitative estimate of drug-likeness (QED) is 0.490. The minimum absolute atomic E-state index is 0.0936. The van der Waals surface area contributed by atoms with Crippen LogP contribution in [-0.2, 0) is 9.59 Å². The van der Waals surface area contributed by atoms with Gasteiger partial charge in [-0.3, -0.25) is 9.59 Å². The number of halogens is 1. The lowest BCUT2D eigenvalue weighted by Gasteiger charge is -2.06. The lowest BCUT2D eigenvalue weighted by molar-refractivity contribution is -0.135. The molecule has 0 saturated heterocycles. The number of amides is 2. The zero-order chi connectivity index (χ0) is 11.4. The Morgan fingerprint density at radius 2 is 2.00 bits per heavy atom. The van der Waals surface area contributed by atoms with E-state index in [2.05, 4.69) is 10.6 Å². The molecule has 15 heavy (non-hydrogen) atoms. The number of phenols is 1. The molecule has 1 aromatic rings. The molecule has 6 heteroatoms. The monoisotopic (exact) mass is 228 g/mol. The SMILES string of the molecule is CNC(=O)C(=O)Nc1cc(Cl)ccc1O. The van der Waals surface area contributed by atoms with Gasteiger partial charge in [0.05, 0.1) is 5.69 Å². The number of hydrogen-bond donors (Lipinski definition) is 3. The molecule has 1 aromatic carbocycles. The van der Waals surface area contributed by atoms with Crippen molar-refractivity contribution in [2.75, 3.05) is 12.4 Å². The average molecular weight is 229 g/mol. The van der Waals surface area contributed by atoms with Gasteiger partial charge in [-0.25, -0.2) is 0 Å². The van der Waals surface area contributed by atoms with Gasteiger partial charge < -0.3 is 15.7 Å². The number of likely N-dealkylation sites (N-methyl/N-ethyl adjacent to an activating group) is 1. The Kier molecular flexibility index (Phi) is 3.51. The summed E-state index contributed by atoms with van der Waals surface area (Å²) in [6.45, 7) is 0. The fourth-order valence-electron chi connectivity index (χ4n) is 0.901. The van der Waals surface area contributed by atoms with Crippen LogP contribution in [0.5, 0.6) is 5.75 Å². The molecule has 0 saturated carbocycles. The molecule has 0 aliphatic carbocycles. The Bertz CT molecular complexity index is 406. The second-order valence-electron chi connectivity index (χ2n) is 2.69. The van der Waals surface area contributed by atoms with Gasteiger partial charge >= 0.3 is 11.8 Å². The van der Waals surface area contributed by atoms with Gasteiger partial charge in [0.15, 0.2) is 0 Å². The number of hydrogen-bond acceptors (Lipinski definition) is 3. The van der Waals surface area contributed by atoms with E-state index in [0.717, 1.165) is 0 Å². The topological polar surface area (TPSA) is 78.4 Å².